The zero-order chi connectivity index (χ0) is 22.6. The number of carbonyl (C=O) groups is 2. The van der Waals surface area contributed by atoms with E-state index in [0.717, 1.165) is 74.5 Å². The first-order valence-electron chi connectivity index (χ1n) is 12.3. The largest absolute Gasteiger partial charge is 0.356 e. The van der Waals surface area contributed by atoms with Crippen LogP contribution in [0.4, 0.5) is 5.69 Å². The molecule has 0 aliphatic carbocycles. The van der Waals surface area contributed by atoms with Crippen molar-refractivity contribution in [3.63, 3.8) is 0 Å². The van der Waals surface area contributed by atoms with E-state index < -0.39 is 5.54 Å². The van der Waals surface area contributed by atoms with Crippen LogP contribution in [-0.2, 0) is 21.7 Å². The minimum atomic E-state index is -0.856. The molecule has 0 radical (unpaired) electrons. The van der Waals surface area contributed by atoms with E-state index in [0.29, 0.717) is 19.1 Å². The number of imidazole rings is 1. The summed E-state index contributed by atoms with van der Waals surface area (Å²) in [5.41, 5.74) is 3.25. The molecule has 4 aliphatic rings. The molecule has 2 amide bonds. The van der Waals surface area contributed by atoms with E-state index in [9.17, 15) is 9.59 Å². The normalized spacial score (nSPS) is 30.4. The van der Waals surface area contributed by atoms with Crippen molar-refractivity contribution in [2.24, 2.45) is 5.92 Å². The lowest BCUT2D eigenvalue weighted by atomic mass is 9.78. The standard InChI is InChI=1S/C25H32N6O2/c1-17-21(28-16-27-17)15-29-10-5-9-26-23(32)20-14-18-6-4-11-31(18)25(20)19-7-2-3-8-22(19)30(13-12-29)24(25)33/h2-3,7-8,16,18,20H,4-6,9-15H2,1H3,(H,26,32)(H,27,28)/t18-,20+,25+/m0/s1. The van der Waals surface area contributed by atoms with Crippen LogP contribution in [0.15, 0.2) is 30.6 Å². The Morgan fingerprint density at radius 1 is 1.12 bits per heavy atom. The van der Waals surface area contributed by atoms with Crippen molar-refractivity contribution in [2.75, 3.05) is 37.6 Å². The van der Waals surface area contributed by atoms with Gasteiger partial charge in [-0.25, -0.2) is 4.98 Å². The molecule has 174 valence electrons. The van der Waals surface area contributed by atoms with Crippen LogP contribution < -0.4 is 10.2 Å². The van der Waals surface area contributed by atoms with Crippen LogP contribution in [0, 0.1) is 12.8 Å². The minimum absolute atomic E-state index is 0.0321. The molecule has 1 aromatic carbocycles. The van der Waals surface area contributed by atoms with Crippen molar-refractivity contribution < 1.29 is 9.59 Å². The van der Waals surface area contributed by atoms with Crippen LogP contribution in [0.3, 0.4) is 0 Å². The number of nitrogens with one attached hydrogen (secondary N) is 2. The third-order valence-electron chi connectivity index (χ3n) is 8.23. The average Bonchev–Trinajstić information content (AvgIpc) is 3.55. The highest BCUT2D eigenvalue weighted by Crippen LogP contribution is 2.56. The van der Waals surface area contributed by atoms with E-state index in [1.807, 2.05) is 24.0 Å². The first-order chi connectivity index (χ1) is 16.1. The summed E-state index contributed by atoms with van der Waals surface area (Å²) in [5, 5.41) is 3.20. The Kier molecular flexibility index (Phi) is 5.03. The number of para-hydroxylation sites is 1. The van der Waals surface area contributed by atoms with Crippen LogP contribution in [0.2, 0.25) is 0 Å². The number of rotatable bonds is 2. The fourth-order valence-electron chi connectivity index (χ4n) is 6.69. The van der Waals surface area contributed by atoms with E-state index in [4.69, 9.17) is 0 Å². The van der Waals surface area contributed by atoms with Gasteiger partial charge in [0.25, 0.3) is 5.91 Å². The number of aromatic amines is 1. The number of amides is 2. The number of hydrogen-bond acceptors (Lipinski definition) is 5. The second-order valence-corrected chi connectivity index (χ2v) is 9.91. The van der Waals surface area contributed by atoms with E-state index in [1.54, 1.807) is 6.33 Å². The maximum Gasteiger partial charge on any atom is 0.253 e. The molecule has 1 aromatic heterocycles. The number of benzene rings is 1. The molecule has 2 aromatic rings. The van der Waals surface area contributed by atoms with Gasteiger partial charge in [0.2, 0.25) is 5.91 Å². The number of fused-ring (bicyclic) bond motifs is 4. The Bertz CT molecular complexity index is 1080. The molecule has 6 rings (SSSR count). The van der Waals surface area contributed by atoms with Gasteiger partial charge in [0, 0.05) is 55.7 Å². The third kappa shape index (κ3) is 3.07. The van der Waals surface area contributed by atoms with Gasteiger partial charge >= 0.3 is 0 Å². The van der Waals surface area contributed by atoms with Crippen molar-refractivity contribution >= 4 is 17.5 Å². The molecular weight excluding hydrogens is 416 g/mol. The molecule has 8 nitrogen and oxygen atoms in total. The second-order valence-electron chi connectivity index (χ2n) is 9.91. The van der Waals surface area contributed by atoms with Gasteiger partial charge in [0.05, 0.1) is 17.9 Å². The summed E-state index contributed by atoms with van der Waals surface area (Å²) < 4.78 is 0. The van der Waals surface area contributed by atoms with Crippen molar-refractivity contribution in [3.05, 3.63) is 47.5 Å². The number of carbonyl (C=O) groups excluding carboxylic acids is 2. The molecule has 3 fully saturated rings. The van der Waals surface area contributed by atoms with Crippen molar-refractivity contribution in [2.45, 2.75) is 50.7 Å². The van der Waals surface area contributed by atoms with Crippen LogP contribution in [0.1, 0.15) is 42.6 Å². The number of anilines is 1. The number of H-pyrrole nitrogens is 1. The van der Waals surface area contributed by atoms with Gasteiger partial charge in [-0.3, -0.25) is 19.4 Å². The molecule has 2 bridgehead atoms. The predicted molar refractivity (Wildman–Crippen MR) is 125 cm³/mol. The molecule has 0 saturated carbocycles. The topological polar surface area (TPSA) is 84.6 Å². The number of nitrogens with zero attached hydrogens (tertiary/aromatic N) is 4. The summed E-state index contributed by atoms with van der Waals surface area (Å²) in [5.74, 6) is -0.210. The van der Waals surface area contributed by atoms with Crippen LogP contribution in [-0.4, -0.2) is 70.3 Å². The maximum atomic E-state index is 14.3. The molecule has 0 unspecified atom stereocenters. The fraction of sp³-hybridized carbons (Fsp3) is 0.560. The SMILES string of the molecule is Cc1[nH]cnc1CN1CCCNC(=O)[C@H]2C[C@@H]3CCCN3[C@@]23C(=O)N(CC1)c1ccccc13. The van der Waals surface area contributed by atoms with E-state index in [1.165, 1.54) is 0 Å². The monoisotopic (exact) mass is 448 g/mol. The van der Waals surface area contributed by atoms with Crippen molar-refractivity contribution in [1.82, 2.24) is 25.1 Å². The lowest BCUT2D eigenvalue weighted by molar-refractivity contribution is -0.139. The van der Waals surface area contributed by atoms with Crippen LogP contribution in [0.5, 0.6) is 0 Å². The molecular formula is C25H32N6O2. The molecule has 3 saturated heterocycles. The molecule has 5 heterocycles. The first-order valence-corrected chi connectivity index (χ1v) is 12.3. The smallest absolute Gasteiger partial charge is 0.253 e. The summed E-state index contributed by atoms with van der Waals surface area (Å²) in [6, 6.07) is 8.47. The highest BCUT2D eigenvalue weighted by atomic mass is 16.2. The van der Waals surface area contributed by atoms with Crippen molar-refractivity contribution in [3.8, 4) is 0 Å². The Balaban J connectivity index is 1.39. The number of aryl methyl sites for hydroxylation is 1. The molecule has 8 heteroatoms. The Morgan fingerprint density at radius 2 is 2.00 bits per heavy atom. The number of hydrogen-bond donors (Lipinski definition) is 2. The Labute approximate surface area is 194 Å². The highest BCUT2D eigenvalue weighted by Gasteiger charge is 2.67. The van der Waals surface area contributed by atoms with Crippen molar-refractivity contribution in [1.29, 1.82) is 0 Å². The minimum Gasteiger partial charge on any atom is -0.356 e. The van der Waals surface area contributed by atoms with E-state index >= 15 is 0 Å². The fourth-order valence-corrected chi connectivity index (χ4v) is 6.69. The Morgan fingerprint density at radius 3 is 2.85 bits per heavy atom. The predicted octanol–water partition coefficient (Wildman–Crippen LogP) is 1.77. The quantitative estimate of drug-likeness (QED) is 0.732. The van der Waals surface area contributed by atoms with Crippen LogP contribution in [0.25, 0.3) is 0 Å². The number of aromatic nitrogens is 2. The molecule has 2 N–H and O–H groups in total. The Hall–Kier alpha value is -2.71. The lowest BCUT2D eigenvalue weighted by Gasteiger charge is -2.37. The van der Waals surface area contributed by atoms with Gasteiger partial charge in [0.15, 0.2) is 0 Å². The highest BCUT2D eigenvalue weighted by molar-refractivity contribution is 6.10. The molecule has 4 aliphatic heterocycles. The zero-order valence-electron chi connectivity index (χ0n) is 19.2. The van der Waals surface area contributed by atoms with Gasteiger partial charge in [-0.1, -0.05) is 18.2 Å². The van der Waals surface area contributed by atoms with Gasteiger partial charge in [0.1, 0.15) is 5.54 Å². The van der Waals surface area contributed by atoms with Gasteiger partial charge in [-0.05, 0) is 45.2 Å². The average molecular weight is 449 g/mol. The molecule has 1 spiro atoms. The zero-order valence-corrected chi connectivity index (χ0v) is 19.2. The summed E-state index contributed by atoms with van der Waals surface area (Å²) >= 11 is 0. The summed E-state index contributed by atoms with van der Waals surface area (Å²) in [6.07, 6.45) is 5.54. The summed E-state index contributed by atoms with van der Waals surface area (Å²) in [6.45, 7) is 6.52. The lowest BCUT2D eigenvalue weighted by Crippen LogP contribution is -2.57. The second kappa shape index (κ2) is 7.95. The maximum absolute atomic E-state index is 14.3. The van der Waals surface area contributed by atoms with Gasteiger partial charge < -0.3 is 15.2 Å². The van der Waals surface area contributed by atoms with Gasteiger partial charge in [-0.2, -0.15) is 0 Å². The van der Waals surface area contributed by atoms with E-state index in [2.05, 4.69) is 37.2 Å². The third-order valence-corrected chi connectivity index (χ3v) is 8.23. The van der Waals surface area contributed by atoms with E-state index in [-0.39, 0.29) is 17.7 Å². The van der Waals surface area contributed by atoms with Crippen LogP contribution >= 0.6 is 0 Å². The van der Waals surface area contributed by atoms with Gasteiger partial charge in [-0.15, -0.1) is 0 Å². The summed E-state index contributed by atoms with van der Waals surface area (Å²) in [7, 11) is 0. The molecule has 33 heavy (non-hydrogen) atoms. The first kappa shape index (κ1) is 20.9. The summed E-state index contributed by atoms with van der Waals surface area (Å²) in [4.78, 5) is 42.2. The molecule has 3 atom stereocenters.